The number of rotatable bonds is 6. The van der Waals surface area contributed by atoms with Crippen LogP contribution < -0.4 is 10.1 Å². The smallest absolute Gasteiger partial charge is 0.251 e. The molecule has 0 saturated heterocycles. The molecule has 7 heteroatoms. The third-order valence-electron chi connectivity index (χ3n) is 3.78. The Hall–Kier alpha value is -2.08. The van der Waals surface area contributed by atoms with Crippen molar-refractivity contribution in [3.05, 3.63) is 80.2 Å². The first kappa shape index (κ1) is 18.7. The molecule has 0 spiro atoms. The van der Waals surface area contributed by atoms with Gasteiger partial charge in [-0.3, -0.25) is 4.79 Å². The van der Waals surface area contributed by atoms with Crippen LogP contribution in [0.4, 0.5) is 0 Å². The lowest BCUT2D eigenvalue weighted by atomic mass is 10.1. The number of ether oxygens (including phenoxy) is 1. The van der Waals surface area contributed by atoms with Crippen LogP contribution in [0.3, 0.4) is 0 Å². The van der Waals surface area contributed by atoms with E-state index < -0.39 is 0 Å². The van der Waals surface area contributed by atoms with E-state index >= 15 is 0 Å². The van der Waals surface area contributed by atoms with Gasteiger partial charge in [-0.25, -0.2) is 4.98 Å². The Morgan fingerprint density at radius 3 is 2.62 bits per heavy atom. The third-order valence-corrected chi connectivity index (χ3v) is 5.15. The summed E-state index contributed by atoms with van der Waals surface area (Å²) < 4.78 is 5.65. The SMILES string of the molecule is CC(NC(=O)c1ccc(OCc2cscn2)cc1)c1ccc(Cl)c(Cl)c1. The van der Waals surface area contributed by atoms with Gasteiger partial charge in [-0.2, -0.15) is 0 Å². The second-order valence-corrected chi connectivity index (χ2v) is 7.19. The van der Waals surface area contributed by atoms with Crippen LogP contribution in [0.2, 0.25) is 10.0 Å². The molecular formula is C19H16Cl2N2O2S. The largest absolute Gasteiger partial charge is 0.487 e. The van der Waals surface area contributed by atoms with Gasteiger partial charge in [0.2, 0.25) is 0 Å². The summed E-state index contributed by atoms with van der Waals surface area (Å²) in [4.78, 5) is 16.6. The van der Waals surface area contributed by atoms with Crippen LogP contribution in [0, 0.1) is 0 Å². The van der Waals surface area contributed by atoms with Crippen LogP contribution in [-0.4, -0.2) is 10.9 Å². The first-order valence-electron chi connectivity index (χ1n) is 7.88. The van der Waals surface area contributed by atoms with E-state index in [4.69, 9.17) is 27.9 Å². The molecule has 0 bridgehead atoms. The van der Waals surface area contributed by atoms with Gasteiger partial charge in [0.15, 0.2) is 0 Å². The van der Waals surface area contributed by atoms with Crippen LogP contribution in [0.1, 0.15) is 34.6 Å². The maximum atomic E-state index is 12.4. The van der Waals surface area contributed by atoms with Gasteiger partial charge < -0.3 is 10.1 Å². The van der Waals surface area contributed by atoms with E-state index in [2.05, 4.69) is 10.3 Å². The van der Waals surface area contributed by atoms with E-state index in [0.29, 0.717) is 28.0 Å². The predicted molar refractivity (Wildman–Crippen MR) is 105 cm³/mol. The molecule has 0 aliphatic carbocycles. The molecule has 1 heterocycles. The minimum Gasteiger partial charge on any atom is -0.487 e. The highest BCUT2D eigenvalue weighted by atomic mass is 35.5. The first-order chi connectivity index (χ1) is 12.5. The maximum Gasteiger partial charge on any atom is 0.251 e. The van der Waals surface area contributed by atoms with Gasteiger partial charge in [0, 0.05) is 10.9 Å². The number of hydrogen-bond donors (Lipinski definition) is 1. The lowest BCUT2D eigenvalue weighted by molar-refractivity contribution is 0.0940. The van der Waals surface area contributed by atoms with Crippen molar-refractivity contribution in [3.8, 4) is 5.75 Å². The summed E-state index contributed by atoms with van der Waals surface area (Å²) >= 11 is 13.5. The lowest BCUT2D eigenvalue weighted by Gasteiger charge is -2.15. The Bertz CT molecular complexity index is 883. The molecule has 2 aromatic carbocycles. The minimum atomic E-state index is -0.196. The molecule has 4 nitrogen and oxygen atoms in total. The molecular weight excluding hydrogens is 391 g/mol. The molecule has 0 radical (unpaired) electrons. The Labute approximate surface area is 165 Å². The molecule has 0 aliphatic rings. The van der Waals surface area contributed by atoms with Crippen molar-refractivity contribution < 1.29 is 9.53 Å². The molecule has 0 aliphatic heterocycles. The van der Waals surface area contributed by atoms with Gasteiger partial charge in [-0.05, 0) is 48.9 Å². The summed E-state index contributed by atoms with van der Waals surface area (Å²) in [5.41, 5.74) is 4.09. The van der Waals surface area contributed by atoms with E-state index in [1.807, 2.05) is 18.4 Å². The molecule has 1 unspecified atom stereocenters. The molecule has 0 fully saturated rings. The Morgan fingerprint density at radius 2 is 1.96 bits per heavy atom. The average molecular weight is 407 g/mol. The van der Waals surface area contributed by atoms with Crippen molar-refractivity contribution in [1.29, 1.82) is 0 Å². The number of nitrogens with one attached hydrogen (secondary N) is 1. The van der Waals surface area contributed by atoms with Crippen molar-refractivity contribution in [2.24, 2.45) is 0 Å². The van der Waals surface area contributed by atoms with Gasteiger partial charge in [0.25, 0.3) is 5.91 Å². The van der Waals surface area contributed by atoms with Crippen molar-refractivity contribution in [3.63, 3.8) is 0 Å². The molecule has 26 heavy (non-hydrogen) atoms. The molecule has 134 valence electrons. The maximum absolute atomic E-state index is 12.4. The minimum absolute atomic E-state index is 0.172. The number of aromatic nitrogens is 1. The average Bonchev–Trinajstić information content (AvgIpc) is 3.16. The highest BCUT2D eigenvalue weighted by molar-refractivity contribution is 7.07. The molecule has 1 atom stereocenters. The second kappa shape index (κ2) is 8.54. The summed E-state index contributed by atoms with van der Waals surface area (Å²) in [6.07, 6.45) is 0. The number of carbonyl (C=O) groups excluding carboxylic acids is 1. The van der Waals surface area contributed by atoms with Crippen molar-refractivity contribution in [2.45, 2.75) is 19.6 Å². The highest BCUT2D eigenvalue weighted by Gasteiger charge is 2.13. The number of thiazole rings is 1. The fourth-order valence-corrected chi connectivity index (χ4v) is 3.16. The van der Waals surface area contributed by atoms with Crippen molar-refractivity contribution in [2.75, 3.05) is 0 Å². The molecule has 1 amide bonds. The summed E-state index contributed by atoms with van der Waals surface area (Å²) in [7, 11) is 0. The highest BCUT2D eigenvalue weighted by Crippen LogP contribution is 2.25. The topological polar surface area (TPSA) is 51.2 Å². The van der Waals surface area contributed by atoms with Crippen LogP contribution in [0.15, 0.2) is 53.4 Å². The van der Waals surface area contributed by atoms with Crippen LogP contribution in [0.5, 0.6) is 5.75 Å². The number of carbonyl (C=O) groups is 1. The number of hydrogen-bond acceptors (Lipinski definition) is 4. The molecule has 1 aromatic heterocycles. The Balaban J connectivity index is 1.59. The van der Waals surface area contributed by atoms with Gasteiger partial charge in [-0.15, -0.1) is 11.3 Å². The number of amides is 1. The van der Waals surface area contributed by atoms with Crippen LogP contribution in [-0.2, 0) is 6.61 Å². The zero-order chi connectivity index (χ0) is 18.5. The fraction of sp³-hybridized carbons (Fsp3) is 0.158. The van der Waals surface area contributed by atoms with Gasteiger partial charge >= 0.3 is 0 Å². The monoisotopic (exact) mass is 406 g/mol. The van der Waals surface area contributed by atoms with E-state index in [1.54, 1.807) is 41.9 Å². The molecule has 0 saturated carbocycles. The predicted octanol–water partition coefficient (Wildman–Crippen LogP) is 5.52. The quantitative estimate of drug-likeness (QED) is 0.586. The normalized spacial score (nSPS) is 11.8. The van der Waals surface area contributed by atoms with E-state index in [1.165, 1.54) is 11.3 Å². The zero-order valence-corrected chi connectivity index (χ0v) is 16.2. The number of benzene rings is 2. The molecule has 1 N–H and O–H groups in total. The van der Waals surface area contributed by atoms with E-state index in [0.717, 1.165) is 11.3 Å². The van der Waals surface area contributed by atoms with Crippen molar-refractivity contribution >= 4 is 40.4 Å². The molecule has 3 rings (SSSR count). The Kier molecular flexibility index (Phi) is 6.14. The lowest BCUT2D eigenvalue weighted by Crippen LogP contribution is -2.26. The summed E-state index contributed by atoms with van der Waals surface area (Å²) in [5.74, 6) is 0.515. The first-order valence-corrected chi connectivity index (χ1v) is 9.58. The van der Waals surface area contributed by atoms with Gasteiger partial charge in [-0.1, -0.05) is 29.3 Å². The van der Waals surface area contributed by atoms with Crippen molar-refractivity contribution in [1.82, 2.24) is 10.3 Å². The fourth-order valence-electron chi connectivity index (χ4n) is 2.31. The van der Waals surface area contributed by atoms with Crippen LogP contribution in [0.25, 0.3) is 0 Å². The van der Waals surface area contributed by atoms with Gasteiger partial charge in [0.05, 0.1) is 27.3 Å². The molecule has 3 aromatic rings. The van der Waals surface area contributed by atoms with E-state index in [9.17, 15) is 4.79 Å². The summed E-state index contributed by atoms with van der Waals surface area (Å²) in [5, 5.41) is 5.83. The van der Waals surface area contributed by atoms with Crippen LogP contribution >= 0.6 is 34.5 Å². The number of nitrogens with zero attached hydrogens (tertiary/aromatic N) is 1. The third kappa shape index (κ3) is 4.75. The van der Waals surface area contributed by atoms with Gasteiger partial charge in [0.1, 0.15) is 12.4 Å². The second-order valence-electron chi connectivity index (χ2n) is 5.66. The summed E-state index contributed by atoms with van der Waals surface area (Å²) in [6.45, 7) is 2.30. The standard InChI is InChI=1S/C19H16Cl2N2O2S/c1-12(14-4-7-17(20)18(21)8-14)23-19(24)13-2-5-16(6-3-13)25-9-15-10-26-11-22-15/h2-8,10-12H,9H2,1H3,(H,23,24). The zero-order valence-electron chi connectivity index (χ0n) is 13.9. The Morgan fingerprint density at radius 1 is 1.19 bits per heavy atom. The van der Waals surface area contributed by atoms with E-state index in [-0.39, 0.29) is 11.9 Å². The summed E-state index contributed by atoms with van der Waals surface area (Å²) in [6, 6.07) is 12.1. The number of halogens is 2.